The van der Waals surface area contributed by atoms with Gasteiger partial charge in [0.2, 0.25) is 0 Å². The van der Waals surface area contributed by atoms with Gasteiger partial charge in [-0.2, -0.15) is 0 Å². The van der Waals surface area contributed by atoms with Crippen molar-refractivity contribution in [2.45, 2.75) is 6.42 Å². The summed E-state index contributed by atoms with van der Waals surface area (Å²) in [5, 5.41) is 6.99. The van der Waals surface area contributed by atoms with E-state index in [1.807, 2.05) is 66.2 Å². The molecule has 1 amide bonds. The van der Waals surface area contributed by atoms with Crippen LogP contribution in [0.1, 0.15) is 16.1 Å². The van der Waals surface area contributed by atoms with Crippen LogP contribution in [0.5, 0.6) is 5.75 Å². The second-order valence-electron chi connectivity index (χ2n) is 8.17. The number of nitrogens with two attached hydrogens (primary N) is 2. The molecule has 0 unspecified atom stereocenters. The lowest BCUT2D eigenvalue weighted by Crippen LogP contribution is -2.16. The van der Waals surface area contributed by atoms with Gasteiger partial charge in [0.1, 0.15) is 17.3 Å². The van der Waals surface area contributed by atoms with Crippen LogP contribution in [0, 0.1) is 0 Å². The van der Waals surface area contributed by atoms with Gasteiger partial charge >= 0.3 is 0 Å². The van der Waals surface area contributed by atoms with Gasteiger partial charge in [0.25, 0.3) is 5.91 Å². The van der Waals surface area contributed by atoms with E-state index >= 15 is 0 Å². The predicted octanol–water partition coefficient (Wildman–Crippen LogP) is 5.31. The summed E-state index contributed by atoms with van der Waals surface area (Å²) in [5.41, 5.74) is 16.9. The zero-order chi connectivity index (χ0) is 24.5. The second kappa shape index (κ2) is 9.15. The van der Waals surface area contributed by atoms with Crippen LogP contribution >= 0.6 is 11.3 Å². The Hall–Kier alpha value is -4.30. The number of nitrogen functional groups attached to an aromatic ring is 1. The minimum Gasteiger partial charge on any atom is -0.495 e. The van der Waals surface area contributed by atoms with E-state index in [4.69, 9.17) is 16.2 Å². The van der Waals surface area contributed by atoms with Crippen LogP contribution in [0.4, 0.5) is 11.5 Å². The summed E-state index contributed by atoms with van der Waals surface area (Å²) in [5.74, 6) is 0.827. The number of nitrogens with one attached hydrogen (secondary N) is 1. The Morgan fingerprint density at radius 1 is 1.23 bits per heavy atom. The van der Waals surface area contributed by atoms with Crippen molar-refractivity contribution in [3.8, 4) is 16.9 Å². The molecule has 176 valence electrons. The lowest BCUT2D eigenvalue weighted by molar-refractivity contribution is 0.101. The number of benzene rings is 2. The van der Waals surface area contributed by atoms with Crippen LogP contribution in [0.15, 0.2) is 72.4 Å². The molecule has 0 aliphatic heterocycles. The number of hydrogen-bond donors (Lipinski definition) is 3. The SMILES string of the molecule is COc1cc(-c2csc3c(C/C=C/N)cnc(N)c23)ccc1NC(=O)c1cc2ccccc2n1C. The van der Waals surface area contributed by atoms with Crippen LogP contribution in [-0.2, 0) is 13.5 Å². The van der Waals surface area contributed by atoms with Gasteiger partial charge in [0, 0.05) is 39.8 Å². The summed E-state index contributed by atoms with van der Waals surface area (Å²) < 4.78 is 8.61. The fraction of sp³-hybridized carbons (Fsp3) is 0.111. The van der Waals surface area contributed by atoms with Gasteiger partial charge in [-0.3, -0.25) is 4.79 Å². The highest BCUT2D eigenvalue weighted by Gasteiger charge is 2.18. The summed E-state index contributed by atoms with van der Waals surface area (Å²) in [6.45, 7) is 0. The molecule has 35 heavy (non-hydrogen) atoms. The number of rotatable bonds is 6. The molecule has 0 atom stereocenters. The number of carbonyl (C=O) groups excluding carboxylic acids is 1. The van der Waals surface area contributed by atoms with Crippen molar-refractivity contribution in [1.82, 2.24) is 9.55 Å². The van der Waals surface area contributed by atoms with Gasteiger partial charge < -0.3 is 26.1 Å². The molecule has 0 bridgehead atoms. The first-order valence-corrected chi connectivity index (χ1v) is 11.9. The van der Waals surface area contributed by atoms with Crippen molar-refractivity contribution in [3.05, 3.63) is 83.6 Å². The highest BCUT2D eigenvalue weighted by Crippen LogP contribution is 2.41. The molecule has 7 nitrogen and oxygen atoms in total. The molecule has 0 saturated heterocycles. The molecule has 3 aromatic heterocycles. The second-order valence-corrected chi connectivity index (χ2v) is 9.05. The Kier molecular flexibility index (Phi) is 5.88. The standard InChI is InChI=1S/C27H25N5O2S/c1-32-21-8-4-3-6-17(21)12-22(32)27(33)31-20-10-9-16(13-23(20)34-2)19-15-35-25-18(7-5-11-28)14-30-26(29)24(19)25/h3-6,8-15H,7,28H2,1-2H3,(H2,29,30)(H,31,33)/b11-5+. The van der Waals surface area contributed by atoms with Gasteiger partial charge in [-0.1, -0.05) is 30.3 Å². The third-order valence-corrected chi connectivity index (χ3v) is 7.17. The molecule has 5 N–H and O–H groups in total. The van der Waals surface area contributed by atoms with E-state index in [1.165, 1.54) is 6.20 Å². The number of methoxy groups -OCH3 is 1. The molecule has 3 heterocycles. The van der Waals surface area contributed by atoms with E-state index in [1.54, 1.807) is 24.6 Å². The first kappa shape index (κ1) is 22.5. The van der Waals surface area contributed by atoms with Crippen molar-refractivity contribution in [2.75, 3.05) is 18.2 Å². The quantitative estimate of drug-likeness (QED) is 0.303. The maximum absolute atomic E-state index is 13.1. The van der Waals surface area contributed by atoms with Crippen LogP contribution in [0.2, 0.25) is 0 Å². The number of aryl methyl sites for hydroxylation is 1. The van der Waals surface area contributed by atoms with Crippen LogP contribution < -0.4 is 21.5 Å². The van der Waals surface area contributed by atoms with Crippen molar-refractivity contribution in [3.63, 3.8) is 0 Å². The fourth-order valence-electron chi connectivity index (χ4n) is 4.33. The van der Waals surface area contributed by atoms with Crippen LogP contribution in [0.3, 0.4) is 0 Å². The average Bonchev–Trinajstić information content (AvgIpc) is 3.47. The zero-order valence-electron chi connectivity index (χ0n) is 19.4. The summed E-state index contributed by atoms with van der Waals surface area (Å²) in [6.07, 6.45) is 5.90. The lowest BCUT2D eigenvalue weighted by Gasteiger charge is -2.13. The van der Waals surface area contributed by atoms with E-state index in [-0.39, 0.29) is 5.91 Å². The van der Waals surface area contributed by atoms with Gasteiger partial charge in [-0.05, 0) is 53.4 Å². The number of anilines is 2. The van der Waals surface area contributed by atoms with Gasteiger partial charge in [-0.25, -0.2) is 4.98 Å². The van der Waals surface area contributed by atoms with Crippen molar-refractivity contribution in [2.24, 2.45) is 12.8 Å². The highest BCUT2D eigenvalue weighted by molar-refractivity contribution is 7.18. The largest absolute Gasteiger partial charge is 0.495 e. The molecular formula is C27H25N5O2S. The topological polar surface area (TPSA) is 108 Å². The lowest BCUT2D eigenvalue weighted by atomic mass is 10.0. The van der Waals surface area contributed by atoms with Crippen LogP contribution in [-0.4, -0.2) is 22.6 Å². The van der Waals surface area contributed by atoms with E-state index in [9.17, 15) is 4.79 Å². The Labute approximate surface area is 206 Å². The molecule has 0 radical (unpaired) electrons. The van der Waals surface area contributed by atoms with Crippen LogP contribution in [0.25, 0.3) is 32.1 Å². The van der Waals surface area contributed by atoms with E-state index in [0.29, 0.717) is 29.4 Å². The van der Waals surface area contributed by atoms with Gasteiger partial charge in [-0.15, -0.1) is 11.3 Å². The molecule has 0 fully saturated rings. The number of nitrogens with zero attached hydrogens (tertiary/aromatic N) is 2. The number of hydrogen-bond acceptors (Lipinski definition) is 6. The molecule has 8 heteroatoms. The first-order valence-electron chi connectivity index (χ1n) is 11.1. The van der Waals surface area contributed by atoms with E-state index < -0.39 is 0 Å². The summed E-state index contributed by atoms with van der Waals surface area (Å²) in [4.78, 5) is 17.5. The number of fused-ring (bicyclic) bond motifs is 2. The first-order chi connectivity index (χ1) is 17.0. The average molecular weight is 484 g/mol. The Bertz CT molecular complexity index is 1600. The molecule has 0 aliphatic carbocycles. The Morgan fingerprint density at radius 2 is 2.06 bits per heavy atom. The predicted molar refractivity (Wildman–Crippen MR) is 144 cm³/mol. The molecule has 0 spiro atoms. The van der Waals surface area contributed by atoms with E-state index in [0.717, 1.165) is 37.7 Å². The van der Waals surface area contributed by atoms with Crippen molar-refractivity contribution < 1.29 is 9.53 Å². The molecule has 0 saturated carbocycles. The molecule has 5 rings (SSSR count). The normalized spacial score (nSPS) is 11.5. The highest BCUT2D eigenvalue weighted by atomic mass is 32.1. The number of amides is 1. The monoisotopic (exact) mass is 483 g/mol. The minimum atomic E-state index is -0.207. The summed E-state index contributed by atoms with van der Waals surface area (Å²) in [6, 6.07) is 15.5. The molecule has 5 aromatic rings. The Balaban J connectivity index is 1.50. The maximum Gasteiger partial charge on any atom is 0.272 e. The number of carbonyl (C=O) groups is 1. The van der Waals surface area contributed by atoms with Crippen molar-refractivity contribution in [1.29, 1.82) is 0 Å². The number of aromatic nitrogens is 2. The minimum absolute atomic E-state index is 0.207. The van der Waals surface area contributed by atoms with Gasteiger partial charge in [0.05, 0.1) is 12.8 Å². The van der Waals surface area contributed by atoms with E-state index in [2.05, 4.69) is 15.7 Å². The summed E-state index contributed by atoms with van der Waals surface area (Å²) in [7, 11) is 3.47. The fourth-order valence-corrected chi connectivity index (χ4v) is 5.44. The number of para-hydroxylation sites is 1. The number of pyridine rings is 1. The van der Waals surface area contributed by atoms with Crippen molar-refractivity contribution >= 4 is 49.7 Å². The molecule has 0 aliphatic rings. The maximum atomic E-state index is 13.1. The number of allylic oxidation sites excluding steroid dienone is 1. The number of ether oxygens (including phenoxy) is 1. The zero-order valence-corrected chi connectivity index (χ0v) is 20.2. The number of thiophene rings is 1. The molecular weight excluding hydrogens is 458 g/mol. The van der Waals surface area contributed by atoms with Gasteiger partial charge in [0.15, 0.2) is 0 Å². The smallest absolute Gasteiger partial charge is 0.272 e. The molecule has 2 aromatic carbocycles. The third-order valence-electron chi connectivity index (χ3n) is 6.12. The third kappa shape index (κ3) is 3.98. The Morgan fingerprint density at radius 3 is 2.83 bits per heavy atom. The summed E-state index contributed by atoms with van der Waals surface area (Å²) >= 11 is 1.62.